The molecule has 0 aromatic heterocycles. The number of sulfonamides is 1. The number of rotatable bonds is 4. The number of thioether (sulfide) groups is 1. The van der Waals surface area contributed by atoms with Gasteiger partial charge in [0.05, 0.1) is 5.75 Å². The van der Waals surface area contributed by atoms with Crippen molar-refractivity contribution in [3.05, 3.63) is 0 Å². The fourth-order valence-corrected chi connectivity index (χ4v) is 4.49. The summed E-state index contributed by atoms with van der Waals surface area (Å²) >= 11 is 7.42. The van der Waals surface area contributed by atoms with Gasteiger partial charge in [-0.1, -0.05) is 6.92 Å². The largest absolute Gasteiger partial charge is 0.214 e. The van der Waals surface area contributed by atoms with Gasteiger partial charge in [-0.05, 0) is 5.92 Å². The van der Waals surface area contributed by atoms with Crippen molar-refractivity contribution in [2.24, 2.45) is 5.92 Å². The van der Waals surface area contributed by atoms with E-state index in [1.165, 1.54) is 0 Å². The van der Waals surface area contributed by atoms with E-state index in [1.807, 2.05) is 18.7 Å². The van der Waals surface area contributed by atoms with E-state index in [1.54, 1.807) is 4.31 Å². The Labute approximate surface area is 95.2 Å². The van der Waals surface area contributed by atoms with E-state index in [2.05, 4.69) is 0 Å². The molecule has 1 heterocycles. The van der Waals surface area contributed by atoms with E-state index in [0.29, 0.717) is 19.0 Å². The molecule has 0 aliphatic carbocycles. The molecule has 0 saturated carbocycles. The van der Waals surface area contributed by atoms with Crippen LogP contribution in [-0.2, 0) is 10.0 Å². The summed E-state index contributed by atoms with van der Waals surface area (Å²) in [7, 11) is -3.06. The molecule has 0 radical (unpaired) electrons. The van der Waals surface area contributed by atoms with Crippen LogP contribution in [0.5, 0.6) is 0 Å². The summed E-state index contributed by atoms with van der Waals surface area (Å²) in [5.74, 6) is 2.45. The first-order valence-electron chi connectivity index (χ1n) is 4.68. The molecule has 1 atom stereocenters. The monoisotopic (exact) mass is 257 g/mol. The van der Waals surface area contributed by atoms with Crippen molar-refractivity contribution in [2.45, 2.75) is 6.92 Å². The van der Waals surface area contributed by atoms with E-state index in [9.17, 15) is 8.42 Å². The highest BCUT2D eigenvalue weighted by atomic mass is 35.5. The van der Waals surface area contributed by atoms with Crippen LogP contribution in [0.25, 0.3) is 0 Å². The normalized spacial score (nSPS) is 22.1. The molecule has 0 bridgehead atoms. The summed E-state index contributed by atoms with van der Waals surface area (Å²) in [6.45, 7) is 3.17. The van der Waals surface area contributed by atoms with Crippen LogP contribution in [0, 0.1) is 5.92 Å². The third kappa shape index (κ3) is 3.61. The molecule has 0 spiro atoms. The molecule has 0 amide bonds. The van der Waals surface area contributed by atoms with Gasteiger partial charge in [0.2, 0.25) is 10.0 Å². The van der Waals surface area contributed by atoms with E-state index in [4.69, 9.17) is 11.6 Å². The third-order valence-electron chi connectivity index (χ3n) is 2.12. The van der Waals surface area contributed by atoms with Gasteiger partial charge in [0.15, 0.2) is 0 Å². The summed E-state index contributed by atoms with van der Waals surface area (Å²) in [5, 5.41) is 0. The Morgan fingerprint density at radius 3 is 2.50 bits per heavy atom. The maximum atomic E-state index is 11.8. The highest BCUT2D eigenvalue weighted by Crippen LogP contribution is 2.15. The van der Waals surface area contributed by atoms with Crippen LogP contribution in [-0.4, -0.2) is 49.0 Å². The first kappa shape index (κ1) is 12.6. The highest BCUT2D eigenvalue weighted by Gasteiger charge is 2.25. The van der Waals surface area contributed by atoms with Crippen LogP contribution in [0.3, 0.4) is 0 Å². The molecule has 0 aromatic carbocycles. The summed E-state index contributed by atoms with van der Waals surface area (Å²) < 4.78 is 25.2. The van der Waals surface area contributed by atoms with Gasteiger partial charge in [0, 0.05) is 30.5 Å². The van der Waals surface area contributed by atoms with Crippen molar-refractivity contribution in [1.29, 1.82) is 0 Å². The molecular formula is C8H16ClNO2S2. The number of halogens is 1. The van der Waals surface area contributed by atoms with Crippen molar-refractivity contribution in [2.75, 3.05) is 36.2 Å². The second-order valence-corrected chi connectivity index (χ2v) is 7.10. The minimum atomic E-state index is -3.06. The van der Waals surface area contributed by atoms with E-state index >= 15 is 0 Å². The molecular weight excluding hydrogens is 242 g/mol. The minimum absolute atomic E-state index is 0.0382. The zero-order valence-corrected chi connectivity index (χ0v) is 10.7. The van der Waals surface area contributed by atoms with E-state index in [0.717, 1.165) is 11.5 Å². The van der Waals surface area contributed by atoms with Gasteiger partial charge in [-0.3, -0.25) is 0 Å². The van der Waals surface area contributed by atoms with Crippen molar-refractivity contribution in [1.82, 2.24) is 4.31 Å². The zero-order valence-electron chi connectivity index (χ0n) is 8.28. The quantitative estimate of drug-likeness (QED) is 0.712. The SMILES string of the molecule is CC(CCl)CS(=O)(=O)N1CCSCC1. The topological polar surface area (TPSA) is 37.4 Å². The van der Waals surface area contributed by atoms with Gasteiger partial charge >= 0.3 is 0 Å². The van der Waals surface area contributed by atoms with Crippen molar-refractivity contribution >= 4 is 33.4 Å². The predicted molar refractivity (Wildman–Crippen MR) is 62.6 cm³/mol. The summed E-state index contributed by atoms with van der Waals surface area (Å²) in [4.78, 5) is 0. The Morgan fingerprint density at radius 1 is 1.43 bits per heavy atom. The van der Waals surface area contributed by atoms with Gasteiger partial charge in [-0.15, -0.1) is 11.6 Å². The molecule has 0 aromatic rings. The van der Waals surface area contributed by atoms with Crippen LogP contribution in [0.4, 0.5) is 0 Å². The van der Waals surface area contributed by atoms with Gasteiger partial charge in [-0.25, -0.2) is 12.7 Å². The van der Waals surface area contributed by atoms with Crippen molar-refractivity contribution in [3.8, 4) is 0 Å². The zero-order chi connectivity index (χ0) is 10.6. The first-order chi connectivity index (χ1) is 6.56. The smallest absolute Gasteiger partial charge is 0.212 e. The average molecular weight is 258 g/mol. The summed E-state index contributed by atoms with van der Waals surface area (Å²) in [6, 6.07) is 0. The lowest BCUT2D eigenvalue weighted by Crippen LogP contribution is -2.40. The molecule has 84 valence electrons. The van der Waals surface area contributed by atoms with Gasteiger partial charge < -0.3 is 0 Å². The molecule has 6 heteroatoms. The molecule has 0 N–H and O–H groups in total. The predicted octanol–water partition coefficient (Wildman–Crippen LogP) is 1.24. The van der Waals surface area contributed by atoms with Crippen LogP contribution >= 0.6 is 23.4 Å². The Bertz CT molecular complexity index is 263. The Balaban J connectivity index is 2.54. The van der Waals surface area contributed by atoms with Crippen LogP contribution in [0.2, 0.25) is 0 Å². The Kier molecular flexibility index (Phi) is 5.03. The van der Waals surface area contributed by atoms with Gasteiger partial charge in [0.25, 0.3) is 0 Å². The standard InChI is InChI=1S/C8H16ClNO2S2/c1-8(6-9)7-14(11,12)10-2-4-13-5-3-10/h8H,2-7H2,1H3. The molecule has 14 heavy (non-hydrogen) atoms. The maximum Gasteiger partial charge on any atom is 0.214 e. The lowest BCUT2D eigenvalue weighted by atomic mass is 10.3. The molecule has 1 fully saturated rings. The number of hydrogen-bond acceptors (Lipinski definition) is 3. The Morgan fingerprint density at radius 2 is 2.00 bits per heavy atom. The first-order valence-corrected chi connectivity index (χ1v) is 7.97. The lowest BCUT2D eigenvalue weighted by Gasteiger charge is -2.26. The van der Waals surface area contributed by atoms with Crippen LogP contribution in [0.15, 0.2) is 0 Å². The number of hydrogen-bond donors (Lipinski definition) is 0. The fraction of sp³-hybridized carbons (Fsp3) is 1.00. The van der Waals surface area contributed by atoms with E-state index in [-0.39, 0.29) is 11.7 Å². The van der Waals surface area contributed by atoms with Crippen molar-refractivity contribution in [3.63, 3.8) is 0 Å². The minimum Gasteiger partial charge on any atom is -0.212 e. The lowest BCUT2D eigenvalue weighted by molar-refractivity contribution is 0.438. The second kappa shape index (κ2) is 5.58. The molecule has 1 saturated heterocycles. The number of alkyl halides is 1. The fourth-order valence-electron chi connectivity index (χ4n) is 1.33. The summed E-state index contributed by atoms with van der Waals surface area (Å²) in [6.07, 6.45) is 0. The molecule has 1 aliphatic rings. The molecule has 3 nitrogen and oxygen atoms in total. The highest BCUT2D eigenvalue weighted by molar-refractivity contribution is 7.99. The molecule has 1 unspecified atom stereocenters. The third-order valence-corrected chi connectivity index (χ3v) is 5.73. The molecule has 1 aliphatic heterocycles. The second-order valence-electron chi connectivity index (χ2n) is 3.55. The van der Waals surface area contributed by atoms with E-state index < -0.39 is 10.0 Å². The van der Waals surface area contributed by atoms with Gasteiger partial charge in [-0.2, -0.15) is 11.8 Å². The summed E-state index contributed by atoms with van der Waals surface area (Å²) in [5.41, 5.74) is 0. The molecule has 1 rings (SSSR count). The van der Waals surface area contributed by atoms with Gasteiger partial charge in [0.1, 0.15) is 0 Å². The number of nitrogens with zero attached hydrogens (tertiary/aromatic N) is 1. The average Bonchev–Trinajstić information content (AvgIpc) is 2.18. The van der Waals surface area contributed by atoms with Crippen molar-refractivity contribution < 1.29 is 8.42 Å². The van der Waals surface area contributed by atoms with Crippen LogP contribution in [0.1, 0.15) is 6.92 Å². The van der Waals surface area contributed by atoms with Crippen LogP contribution < -0.4 is 0 Å². The maximum absolute atomic E-state index is 11.8. The Hall–Kier alpha value is 0.550.